The fourth-order valence-corrected chi connectivity index (χ4v) is 7.09. The summed E-state index contributed by atoms with van der Waals surface area (Å²) in [6, 6.07) is 0. The van der Waals surface area contributed by atoms with Gasteiger partial charge in [0.05, 0.1) is 10.8 Å². The molecule has 4 aliphatic rings. The van der Waals surface area contributed by atoms with Crippen molar-refractivity contribution in [3.63, 3.8) is 0 Å². The summed E-state index contributed by atoms with van der Waals surface area (Å²) in [6.07, 6.45) is 6.01. The first-order valence-corrected chi connectivity index (χ1v) is 10.1. The average molecular weight is 342 g/mol. The van der Waals surface area contributed by atoms with Crippen molar-refractivity contribution in [3.8, 4) is 0 Å². The molecule has 0 spiro atoms. The predicted molar refractivity (Wildman–Crippen MR) is 87.4 cm³/mol. The van der Waals surface area contributed by atoms with E-state index >= 15 is 0 Å². The van der Waals surface area contributed by atoms with Gasteiger partial charge in [0.1, 0.15) is 0 Å². The molecule has 6 atom stereocenters. The van der Waals surface area contributed by atoms with Gasteiger partial charge in [-0.05, 0) is 51.4 Å². The molecule has 6 unspecified atom stereocenters. The fourth-order valence-electron chi connectivity index (χ4n) is 4.57. The molecular weight excluding hydrogens is 320 g/mol. The Balaban J connectivity index is 1.48. The molecule has 0 aromatic heterocycles. The van der Waals surface area contributed by atoms with Crippen LogP contribution in [0.15, 0.2) is 0 Å². The quantitative estimate of drug-likeness (QED) is 0.747. The third-order valence-corrected chi connectivity index (χ3v) is 9.25. The van der Waals surface area contributed by atoms with Gasteiger partial charge in [-0.2, -0.15) is 23.5 Å². The molecule has 2 heterocycles. The van der Waals surface area contributed by atoms with Crippen molar-refractivity contribution < 1.29 is 19.8 Å². The van der Waals surface area contributed by atoms with E-state index in [0.29, 0.717) is 33.8 Å². The number of hydrogen-bond donors (Lipinski definition) is 2. The van der Waals surface area contributed by atoms with Gasteiger partial charge in [0.25, 0.3) is 0 Å². The molecule has 2 aliphatic heterocycles. The van der Waals surface area contributed by atoms with E-state index in [-0.39, 0.29) is 0 Å². The first kappa shape index (κ1) is 15.2. The number of carboxylic acid groups (broad SMARTS) is 2. The Labute approximate surface area is 138 Å². The Morgan fingerprint density at radius 2 is 1.23 bits per heavy atom. The first-order valence-electron chi connectivity index (χ1n) is 8.22. The molecule has 0 aromatic carbocycles. The highest BCUT2D eigenvalue weighted by Gasteiger charge is 2.57. The number of carboxylic acids is 2. The minimum absolute atomic E-state index is 0.514. The van der Waals surface area contributed by atoms with Crippen LogP contribution in [0.5, 0.6) is 0 Å². The smallest absolute Gasteiger partial charge is 0.309 e. The summed E-state index contributed by atoms with van der Waals surface area (Å²) >= 11 is 3.82. The summed E-state index contributed by atoms with van der Waals surface area (Å²) in [5.74, 6) is -1.40. The van der Waals surface area contributed by atoms with Crippen molar-refractivity contribution >= 4 is 35.5 Å². The molecule has 6 heteroatoms. The van der Waals surface area contributed by atoms with Crippen molar-refractivity contribution in [1.82, 2.24) is 0 Å². The minimum Gasteiger partial charge on any atom is -0.481 e. The van der Waals surface area contributed by atoms with Crippen LogP contribution in [0, 0.1) is 10.8 Å². The van der Waals surface area contributed by atoms with Gasteiger partial charge in [-0.25, -0.2) is 0 Å². The fraction of sp³-hybridized carbons (Fsp3) is 0.875. The number of carbonyl (C=O) groups is 2. The largest absolute Gasteiger partial charge is 0.481 e. The van der Waals surface area contributed by atoms with Crippen molar-refractivity contribution in [1.29, 1.82) is 0 Å². The lowest BCUT2D eigenvalue weighted by Gasteiger charge is -2.38. The molecule has 122 valence electrons. The molecule has 4 fully saturated rings. The normalized spacial score (nSPS) is 48.9. The Morgan fingerprint density at radius 3 is 1.55 bits per heavy atom. The van der Waals surface area contributed by atoms with Crippen LogP contribution in [0.25, 0.3) is 0 Å². The number of aliphatic carboxylic acids is 2. The first-order chi connectivity index (χ1) is 10.4. The van der Waals surface area contributed by atoms with Gasteiger partial charge in [-0.3, -0.25) is 9.59 Å². The summed E-state index contributed by atoms with van der Waals surface area (Å²) in [5, 5.41) is 21.9. The molecule has 2 saturated carbocycles. The third kappa shape index (κ3) is 2.46. The Kier molecular flexibility index (Phi) is 3.50. The van der Waals surface area contributed by atoms with Crippen LogP contribution in [0.2, 0.25) is 0 Å². The summed E-state index contributed by atoms with van der Waals surface area (Å²) in [7, 11) is 0. The highest BCUT2D eigenvalue weighted by Crippen LogP contribution is 2.61. The van der Waals surface area contributed by atoms with Crippen LogP contribution in [0.4, 0.5) is 0 Å². The monoisotopic (exact) mass is 342 g/mol. The zero-order valence-corrected chi connectivity index (χ0v) is 14.1. The number of hydrogen-bond acceptors (Lipinski definition) is 4. The molecule has 0 radical (unpaired) electrons. The molecule has 4 rings (SSSR count). The second-order valence-corrected chi connectivity index (χ2v) is 10.5. The molecular formula is C16H22O4S2. The van der Waals surface area contributed by atoms with Gasteiger partial charge >= 0.3 is 11.9 Å². The zero-order valence-electron chi connectivity index (χ0n) is 12.5. The molecule has 0 bridgehead atoms. The van der Waals surface area contributed by atoms with E-state index < -0.39 is 22.8 Å². The highest BCUT2D eigenvalue weighted by molar-refractivity contribution is 8.08. The maximum atomic E-state index is 11.9. The van der Waals surface area contributed by atoms with Crippen LogP contribution in [-0.4, -0.2) is 43.2 Å². The Morgan fingerprint density at radius 1 is 0.818 bits per heavy atom. The van der Waals surface area contributed by atoms with Gasteiger partial charge in [0, 0.05) is 21.0 Å². The van der Waals surface area contributed by atoms with Crippen molar-refractivity contribution in [2.45, 2.75) is 72.4 Å². The topological polar surface area (TPSA) is 74.6 Å². The van der Waals surface area contributed by atoms with E-state index in [0.717, 1.165) is 38.5 Å². The van der Waals surface area contributed by atoms with E-state index in [1.54, 1.807) is 0 Å². The van der Waals surface area contributed by atoms with E-state index in [2.05, 4.69) is 0 Å². The van der Waals surface area contributed by atoms with E-state index in [1.807, 2.05) is 23.5 Å². The van der Waals surface area contributed by atoms with Crippen molar-refractivity contribution in [3.05, 3.63) is 0 Å². The van der Waals surface area contributed by atoms with Gasteiger partial charge in [0.15, 0.2) is 0 Å². The molecule has 0 amide bonds. The Hall–Kier alpha value is -0.360. The highest BCUT2D eigenvalue weighted by atomic mass is 32.2. The van der Waals surface area contributed by atoms with E-state index in [9.17, 15) is 19.8 Å². The molecule has 4 nitrogen and oxygen atoms in total. The Bertz CT molecular complexity index is 478. The van der Waals surface area contributed by atoms with Crippen LogP contribution >= 0.6 is 23.5 Å². The van der Waals surface area contributed by atoms with Gasteiger partial charge < -0.3 is 10.2 Å². The summed E-state index contributed by atoms with van der Waals surface area (Å²) in [4.78, 5) is 23.8. The SMILES string of the molecule is O=C(O)C1(CCC2(C(=O)O)CCC3SC3C2)CCC2SC2C1. The second kappa shape index (κ2) is 5.07. The lowest BCUT2D eigenvalue weighted by Crippen LogP contribution is -2.41. The second-order valence-electron chi connectivity index (χ2n) is 7.58. The van der Waals surface area contributed by atoms with E-state index in [4.69, 9.17) is 0 Å². The van der Waals surface area contributed by atoms with Crippen molar-refractivity contribution in [2.75, 3.05) is 0 Å². The van der Waals surface area contributed by atoms with Crippen LogP contribution in [-0.2, 0) is 9.59 Å². The average Bonchev–Trinajstić information content (AvgIpc) is 3.37. The molecule has 22 heavy (non-hydrogen) atoms. The van der Waals surface area contributed by atoms with Gasteiger partial charge in [-0.15, -0.1) is 0 Å². The van der Waals surface area contributed by atoms with Gasteiger partial charge in [0.2, 0.25) is 0 Å². The van der Waals surface area contributed by atoms with Crippen LogP contribution < -0.4 is 0 Å². The standard InChI is InChI=1S/C16H22O4S2/c17-13(18)15(3-1-9-11(7-15)21-9)5-6-16(14(19)20)4-2-10-12(8-16)22-10/h9-12H,1-8H2,(H,17,18)(H,19,20). The van der Waals surface area contributed by atoms with Crippen LogP contribution in [0.1, 0.15) is 51.4 Å². The maximum absolute atomic E-state index is 11.9. The van der Waals surface area contributed by atoms with Crippen LogP contribution in [0.3, 0.4) is 0 Å². The maximum Gasteiger partial charge on any atom is 0.309 e. The molecule has 2 aliphatic carbocycles. The lowest BCUT2D eigenvalue weighted by molar-refractivity contribution is -0.156. The molecule has 2 N–H and O–H groups in total. The number of fused-ring (bicyclic) bond motifs is 2. The summed E-state index contributed by atoms with van der Waals surface area (Å²) in [5.41, 5.74) is -1.33. The molecule has 2 saturated heterocycles. The number of thioether (sulfide) groups is 2. The van der Waals surface area contributed by atoms with E-state index in [1.165, 1.54) is 0 Å². The third-order valence-electron chi connectivity index (χ3n) is 6.36. The summed E-state index contributed by atoms with van der Waals surface area (Å²) in [6.45, 7) is 0. The zero-order chi connectivity index (χ0) is 15.5. The predicted octanol–water partition coefficient (Wildman–Crippen LogP) is 3.24. The van der Waals surface area contributed by atoms with Crippen molar-refractivity contribution in [2.24, 2.45) is 10.8 Å². The molecule has 0 aromatic rings. The van der Waals surface area contributed by atoms with Gasteiger partial charge in [-0.1, -0.05) is 0 Å². The minimum atomic E-state index is -0.700. The lowest BCUT2D eigenvalue weighted by atomic mass is 9.64. The summed E-state index contributed by atoms with van der Waals surface area (Å²) < 4.78 is 0. The number of rotatable bonds is 5.